The van der Waals surface area contributed by atoms with Crippen molar-refractivity contribution in [3.8, 4) is 5.88 Å². The Hall–Kier alpha value is -1.37. The first-order valence-corrected chi connectivity index (χ1v) is 7.68. The van der Waals surface area contributed by atoms with Crippen LogP contribution in [0.2, 0.25) is 0 Å². The number of nitrogens with zero attached hydrogens (tertiary/aromatic N) is 3. The molecule has 0 bridgehead atoms. The van der Waals surface area contributed by atoms with Crippen molar-refractivity contribution >= 4 is 22.0 Å². The first-order chi connectivity index (χ1) is 9.74. The number of hydrogen-bond acceptors (Lipinski definition) is 5. The molecule has 1 aliphatic heterocycles. The van der Waals surface area contributed by atoms with Crippen LogP contribution in [-0.2, 0) is 4.74 Å². The fourth-order valence-corrected chi connectivity index (χ4v) is 2.38. The van der Waals surface area contributed by atoms with Crippen LogP contribution in [0.1, 0.15) is 34.1 Å². The van der Waals surface area contributed by atoms with Crippen molar-refractivity contribution in [3.05, 3.63) is 17.0 Å². The molecule has 0 spiro atoms. The maximum atomic E-state index is 12.1. The molecule has 2 atom stereocenters. The van der Waals surface area contributed by atoms with Gasteiger partial charge < -0.3 is 14.4 Å². The molecule has 0 aromatic carbocycles. The second-order valence-corrected chi connectivity index (χ2v) is 6.95. The molecule has 1 fully saturated rings. The Morgan fingerprint density at radius 3 is 2.67 bits per heavy atom. The van der Waals surface area contributed by atoms with E-state index in [1.54, 1.807) is 17.3 Å². The Balaban J connectivity index is 1.94. The lowest BCUT2D eigenvalue weighted by atomic mass is 10.2. The predicted molar refractivity (Wildman–Crippen MR) is 81.2 cm³/mol. The molecular weight excluding hydrogens is 338 g/mol. The third kappa shape index (κ3) is 4.56. The van der Waals surface area contributed by atoms with Crippen LogP contribution in [0.4, 0.5) is 4.79 Å². The van der Waals surface area contributed by atoms with E-state index in [-0.39, 0.29) is 18.2 Å². The zero-order chi connectivity index (χ0) is 15.6. The lowest BCUT2D eigenvalue weighted by Crippen LogP contribution is -2.39. The van der Waals surface area contributed by atoms with Crippen molar-refractivity contribution in [2.75, 3.05) is 6.54 Å². The molecule has 1 unspecified atom stereocenters. The Labute approximate surface area is 133 Å². The first kappa shape index (κ1) is 16.0. The summed E-state index contributed by atoms with van der Waals surface area (Å²) in [6, 6.07) is 0.0771. The molecule has 0 aliphatic carbocycles. The smallest absolute Gasteiger partial charge is 0.410 e. The van der Waals surface area contributed by atoms with Crippen LogP contribution in [-0.4, -0.2) is 45.3 Å². The van der Waals surface area contributed by atoms with E-state index in [0.29, 0.717) is 17.0 Å². The summed E-state index contributed by atoms with van der Waals surface area (Å²) in [5.74, 6) is 0.460. The van der Waals surface area contributed by atoms with E-state index in [0.717, 1.165) is 6.42 Å². The lowest BCUT2D eigenvalue weighted by molar-refractivity contribution is 0.0223. The van der Waals surface area contributed by atoms with Gasteiger partial charge in [-0.2, -0.15) is 0 Å². The highest BCUT2D eigenvalue weighted by atomic mass is 79.9. The Bertz CT molecular complexity index is 501. The summed E-state index contributed by atoms with van der Waals surface area (Å²) in [4.78, 5) is 22.0. The summed E-state index contributed by atoms with van der Waals surface area (Å²) in [6.45, 7) is 8.06. The van der Waals surface area contributed by atoms with Gasteiger partial charge in [0.05, 0.1) is 18.9 Å². The molecule has 1 aromatic rings. The second kappa shape index (κ2) is 6.17. The van der Waals surface area contributed by atoms with E-state index in [2.05, 4.69) is 25.9 Å². The normalized spacial score (nSPS) is 22.2. The zero-order valence-electron chi connectivity index (χ0n) is 12.7. The molecule has 1 saturated heterocycles. The molecule has 2 rings (SSSR count). The minimum absolute atomic E-state index is 0.0771. The van der Waals surface area contributed by atoms with Crippen LogP contribution in [0.25, 0.3) is 0 Å². The number of rotatable bonds is 2. The number of carbonyl (C=O) groups excluding carboxylic acids is 1. The van der Waals surface area contributed by atoms with Crippen LogP contribution < -0.4 is 4.74 Å². The van der Waals surface area contributed by atoms with Gasteiger partial charge in [0.15, 0.2) is 0 Å². The molecule has 2 heterocycles. The molecule has 0 N–H and O–H groups in total. The molecule has 1 amide bonds. The molecule has 0 saturated carbocycles. The van der Waals surface area contributed by atoms with Gasteiger partial charge in [0.25, 0.3) is 0 Å². The van der Waals surface area contributed by atoms with Gasteiger partial charge in [-0.1, -0.05) is 0 Å². The predicted octanol–water partition coefficient (Wildman–Crippen LogP) is 3.02. The third-order valence-electron chi connectivity index (χ3n) is 3.05. The molecule has 1 aromatic heterocycles. The average molecular weight is 358 g/mol. The van der Waals surface area contributed by atoms with Crippen molar-refractivity contribution < 1.29 is 14.3 Å². The molecule has 0 radical (unpaired) electrons. The third-order valence-corrected chi connectivity index (χ3v) is 3.46. The van der Waals surface area contributed by atoms with E-state index in [1.807, 2.05) is 27.7 Å². The molecule has 6 nitrogen and oxygen atoms in total. The van der Waals surface area contributed by atoms with Gasteiger partial charge in [0.2, 0.25) is 5.88 Å². The summed E-state index contributed by atoms with van der Waals surface area (Å²) < 4.78 is 11.8. The van der Waals surface area contributed by atoms with E-state index >= 15 is 0 Å². The molecule has 1 aliphatic rings. The maximum Gasteiger partial charge on any atom is 0.410 e. The van der Waals surface area contributed by atoms with Crippen LogP contribution in [0.3, 0.4) is 0 Å². The summed E-state index contributed by atoms with van der Waals surface area (Å²) >= 11 is 3.23. The van der Waals surface area contributed by atoms with Gasteiger partial charge in [-0.15, -0.1) is 0 Å². The number of ether oxygens (including phenoxy) is 2. The fraction of sp³-hybridized carbons (Fsp3) is 0.643. The number of likely N-dealkylation sites (tertiary alicyclic amines) is 1. The highest BCUT2D eigenvalue weighted by molar-refractivity contribution is 9.10. The molecule has 21 heavy (non-hydrogen) atoms. The van der Waals surface area contributed by atoms with Crippen molar-refractivity contribution in [1.29, 1.82) is 0 Å². The number of aromatic nitrogens is 2. The van der Waals surface area contributed by atoms with Crippen LogP contribution in [0.5, 0.6) is 5.88 Å². The van der Waals surface area contributed by atoms with Crippen molar-refractivity contribution in [3.63, 3.8) is 0 Å². The highest BCUT2D eigenvalue weighted by Crippen LogP contribution is 2.24. The first-order valence-electron chi connectivity index (χ1n) is 6.88. The van der Waals surface area contributed by atoms with E-state index in [1.165, 1.54) is 0 Å². The fourth-order valence-electron chi connectivity index (χ4n) is 2.17. The summed E-state index contributed by atoms with van der Waals surface area (Å²) in [5.41, 5.74) is -0.493. The molecular formula is C14H20BrN3O3. The number of amides is 1. The largest absolute Gasteiger partial charge is 0.471 e. The van der Waals surface area contributed by atoms with E-state index in [9.17, 15) is 4.79 Å². The Morgan fingerprint density at radius 2 is 2.10 bits per heavy atom. The maximum absolute atomic E-state index is 12.1. The number of halogens is 1. The quantitative estimate of drug-likeness (QED) is 0.813. The second-order valence-electron chi connectivity index (χ2n) is 6.13. The number of carbonyl (C=O) groups is 1. The van der Waals surface area contributed by atoms with Crippen LogP contribution in [0.15, 0.2) is 17.0 Å². The van der Waals surface area contributed by atoms with Crippen molar-refractivity contribution in [2.45, 2.75) is 51.9 Å². The van der Waals surface area contributed by atoms with Gasteiger partial charge in [0.1, 0.15) is 16.3 Å². The summed E-state index contributed by atoms with van der Waals surface area (Å²) in [5, 5.41) is 0. The number of hydrogen-bond donors (Lipinski definition) is 0. The molecule has 7 heteroatoms. The highest BCUT2D eigenvalue weighted by Gasteiger charge is 2.36. The van der Waals surface area contributed by atoms with Gasteiger partial charge in [-0.3, -0.25) is 0 Å². The van der Waals surface area contributed by atoms with Crippen LogP contribution in [0, 0.1) is 0 Å². The van der Waals surface area contributed by atoms with E-state index < -0.39 is 5.60 Å². The van der Waals surface area contributed by atoms with Crippen molar-refractivity contribution in [1.82, 2.24) is 14.9 Å². The minimum Gasteiger partial charge on any atom is -0.471 e. The van der Waals surface area contributed by atoms with Gasteiger partial charge in [-0.05, 0) is 43.6 Å². The lowest BCUT2D eigenvalue weighted by Gasteiger charge is -2.26. The standard InChI is InChI=1S/C14H20BrN3O3/c1-9-5-10(20-12-7-16-11(15)6-17-12)8-18(9)13(19)21-14(2,3)4/h6-7,9-10H,5,8H2,1-4H3/t9-,10?/m0/s1. The Kier molecular flexibility index (Phi) is 4.70. The van der Waals surface area contributed by atoms with Crippen molar-refractivity contribution in [2.24, 2.45) is 0 Å². The average Bonchev–Trinajstić information content (AvgIpc) is 2.71. The topological polar surface area (TPSA) is 64.6 Å². The zero-order valence-corrected chi connectivity index (χ0v) is 14.3. The van der Waals surface area contributed by atoms with Gasteiger partial charge in [-0.25, -0.2) is 14.8 Å². The van der Waals surface area contributed by atoms with Gasteiger partial charge in [0, 0.05) is 12.5 Å². The van der Waals surface area contributed by atoms with Gasteiger partial charge >= 0.3 is 6.09 Å². The monoisotopic (exact) mass is 357 g/mol. The summed E-state index contributed by atoms with van der Waals surface area (Å²) in [7, 11) is 0. The van der Waals surface area contributed by atoms with E-state index in [4.69, 9.17) is 9.47 Å². The summed E-state index contributed by atoms with van der Waals surface area (Å²) in [6.07, 6.45) is 3.49. The Morgan fingerprint density at radius 1 is 1.38 bits per heavy atom. The minimum atomic E-state index is -0.493. The van der Waals surface area contributed by atoms with Crippen LogP contribution >= 0.6 is 15.9 Å². The SMILES string of the molecule is C[C@H]1CC(Oc2cnc(Br)cn2)CN1C(=O)OC(C)(C)C. The molecule has 116 valence electrons.